The Hall–Kier alpha value is -3.36. The van der Waals surface area contributed by atoms with Gasteiger partial charge in [-0.15, -0.1) is 0 Å². The number of amides is 3. The molecule has 0 spiro atoms. The maximum Gasteiger partial charge on any atom is 0.405 e. The second-order valence-corrected chi connectivity index (χ2v) is 10.3. The Morgan fingerprint density at radius 1 is 0.921 bits per heavy atom. The van der Waals surface area contributed by atoms with Crippen molar-refractivity contribution in [2.75, 3.05) is 13.1 Å². The summed E-state index contributed by atoms with van der Waals surface area (Å²) in [6, 6.07) is 14.8. The van der Waals surface area contributed by atoms with Gasteiger partial charge in [-0.05, 0) is 60.8 Å². The number of fused-ring (bicyclic) bond motifs is 3. The van der Waals surface area contributed by atoms with E-state index in [1.54, 1.807) is 12.1 Å². The number of nitrogens with one attached hydrogen (secondary N) is 3. The number of benzene rings is 2. The van der Waals surface area contributed by atoms with Crippen LogP contribution >= 0.6 is 0 Å². The molecular formula is C29H34F3N3O3. The van der Waals surface area contributed by atoms with Crippen LogP contribution in [0.15, 0.2) is 48.5 Å². The van der Waals surface area contributed by atoms with Crippen molar-refractivity contribution in [3.05, 3.63) is 59.7 Å². The molecule has 4 rings (SSSR count). The second-order valence-electron chi connectivity index (χ2n) is 10.3. The van der Waals surface area contributed by atoms with Crippen LogP contribution in [0.4, 0.5) is 13.2 Å². The van der Waals surface area contributed by atoms with E-state index < -0.39 is 24.0 Å². The number of halogens is 3. The molecule has 3 N–H and O–H groups in total. The summed E-state index contributed by atoms with van der Waals surface area (Å²) in [7, 11) is 0. The highest BCUT2D eigenvalue weighted by Crippen LogP contribution is 2.51. The van der Waals surface area contributed by atoms with Gasteiger partial charge in [-0.2, -0.15) is 13.2 Å². The van der Waals surface area contributed by atoms with Crippen LogP contribution in [0.1, 0.15) is 63.0 Å². The quantitative estimate of drug-likeness (QED) is 0.415. The van der Waals surface area contributed by atoms with E-state index in [9.17, 15) is 27.6 Å². The molecule has 1 saturated carbocycles. The molecule has 9 heteroatoms. The van der Waals surface area contributed by atoms with Crippen molar-refractivity contribution in [3.8, 4) is 11.1 Å². The fraction of sp³-hybridized carbons (Fsp3) is 0.483. The Morgan fingerprint density at radius 3 is 2.16 bits per heavy atom. The summed E-state index contributed by atoms with van der Waals surface area (Å²) in [5.74, 6) is -0.968. The minimum atomic E-state index is -4.52. The molecule has 0 heterocycles. The number of carbonyl (C=O) groups is 3. The van der Waals surface area contributed by atoms with E-state index >= 15 is 0 Å². The van der Waals surface area contributed by atoms with Gasteiger partial charge < -0.3 is 16.0 Å². The van der Waals surface area contributed by atoms with Gasteiger partial charge in [0.25, 0.3) is 0 Å². The van der Waals surface area contributed by atoms with Crippen molar-refractivity contribution in [2.45, 2.75) is 69.5 Å². The van der Waals surface area contributed by atoms with Gasteiger partial charge in [-0.25, -0.2) is 0 Å². The van der Waals surface area contributed by atoms with E-state index in [1.807, 2.05) is 36.4 Å². The normalized spacial score (nSPS) is 19.7. The Labute approximate surface area is 220 Å². The molecule has 2 aromatic rings. The Balaban J connectivity index is 1.43. The highest BCUT2D eigenvalue weighted by atomic mass is 19.4. The third-order valence-corrected chi connectivity index (χ3v) is 7.63. The van der Waals surface area contributed by atoms with Crippen molar-refractivity contribution >= 4 is 17.7 Å². The van der Waals surface area contributed by atoms with Crippen molar-refractivity contribution in [2.24, 2.45) is 5.92 Å². The maximum atomic E-state index is 13.5. The number of rotatable bonds is 9. The van der Waals surface area contributed by atoms with Crippen LogP contribution in [0.2, 0.25) is 0 Å². The second kappa shape index (κ2) is 11.6. The molecular weight excluding hydrogens is 495 g/mol. The van der Waals surface area contributed by atoms with Crippen molar-refractivity contribution in [1.82, 2.24) is 16.0 Å². The summed E-state index contributed by atoms with van der Waals surface area (Å²) in [4.78, 5) is 37.6. The number of hydrogen-bond donors (Lipinski definition) is 3. The van der Waals surface area contributed by atoms with E-state index in [-0.39, 0.29) is 23.8 Å². The van der Waals surface area contributed by atoms with Crippen LogP contribution in [0.5, 0.6) is 0 Å². The Bertz CT molecular complexity index is 1140. The summed E-state index contributed by atoms with van der Waals surface area (Å²) in [6.07, 6.45) is 0.0287. The smallest absolute Gasteiger partial charge is 0.356 e. The van der Waals surface area contributed by atoms with E-state index in [1.165, 1.54) is 6.92 Å². The fourth-order valence-corrected chi connectivity index (χ4v) is 6.00. The van der Waals surface area contributed by atoms with Crippen molar-refractivity contribution in [3.63, 3.8) is 0 Å². The molecule has 0 aromatic heterocycles. The van der Waals surface area contributed by atoms with Gasteiger partial charge in [0.05, 0.1) is 0 Å². The number of alkyl halides is 3. The lowest BCUT2D eigenvalue weighted by molar-refractivity contribution is -0.141. The lowest BCUT2D eigenvalue weighted by Crippen LogP contribution is -2.47. The van der Waals surface area contributed by atoms with E-state index in [0.717, 1.165) is 30.4 Å². The minimum absolute atomic E-state index is 0.00886. The van der Waals surface area contributed by atoms with Crippen molar-refractivity contribution < 1.29 is 27.6 Å². The van der Waals surface area contributed by atoms with Gasteiger partial charge in [0.2, 0.25) is 17.7 Å². The van der Waals surface area contributed by atoms with E-state index in [0.29, 0.717) is 43.4 Å². The van der Waals surface area contributed by atoms with Gasteiger partial charge in [0.1, 0.15) is 12.0 Å². The first-order chi connectivity index (χ1) is 18.1. The molecule has 0 bridgehead atoms. The Kier molecular flexibility index (Phi) is 8.43. The predicted molar refractivity (Wildman–Crippen MR) is 138 cm³/mol. The van der Waals surface area contributed by atoms with Gasteiger partial charge in [-0.1, -0.05) is 55.0 Å². The average Bonchev–Trinajstić information content (AvgIpc) is 3.17. The van der Waals surface area contributed by atoms with Crippen LogP contribution in [0, 0.1) is 5.92 Å². The molecule has 1 fully saturated rings. The molecule has 3 amide bonds. The summed E-state index contributed by atoms with van der Waals surface area (Å²) < 4.78 is 39.0. The lowest BCUT2D eigenvalue weighted by Gasteiger charge is -2.31. The molecule has 2 atom stereocenters. The topological polar surface area (TPSA) is 87.3 Å². The van der Waals surface area contributed by atoms with Gasteiger partial charge in [0, 0.05) is 25.4 Å². The standard InChI is InChI=1S/C29H34F3N3O3/c1-19(36)35-21-10-8-9-20(17-21)26(37)33-16-7-6-15-28(27(38)34-18-29(30,31)32)24-13-4-2-11-22(24)23-12-3-5-14-25(23)28/h2-5,11-14,20-21H,6-10,15-18H2,1H3,(H,33,37)(H,34,38)(H,35,36). The number of carbonyl (C=O) groups excluding carboxylic acids is 3. The van der Waals surface area contributed by atoms with Crippen LogP contribution in [-0.4, -0.2) is 43.0 Å². The molecule has 2 unspecified atom stereocenters. The Morgan fingerprint density at radius 2 is 1.55 bits per heavy atom. The first-order valence-electron chi connectivity index (χ1n) is 13.2. The summed E-state index contributed by atoms with van der Waals surface area (Å²) in [5, 5.41) is 8.02. The first kappa shape index (κ1) is 27.7. The van der Waals surface area contributed by atoms with Crippen molar-refractivity contribution in [1.29, 1.82) is 0 Å². The van der Waals surface area contributed by atoms with Crippen LogP contribution in [0.3, 0.4) is 0 Å². The minimum Gasteiger partial charge on any atom is -0.356 e. The zero-order valence-electron chi connectivity index (χ0n) is 21.5. The van der Waals surface area contributed by atoms with E-state index in [4.69, 9.17) is 0 Å². The van der Waals surface area contributed by atoms with Crippen LogP contribution in [-0.2, 0) is 19.8 Å². The molecule has 204 valence electrons. The zero-order valence-corrected chi connectivity index (χ0v) is 21.5. The third-order valence-electron chi connectivity index (χ3n) is 7.63. The fourth-order valence-electron chi connectivity index (χ4n) is 6.00. The first-order valence-corrected chi connectivity index (χ1v) is 13.2. The zero-order chi connectivity index (χ0) is 27.3. The average molecular weight is 530 g/mol. The SMILES string of the molecule is CC(=O)NC1CCCC(C(=O)NCCCCC2(C(=O)NCC(F)(F)F)c3ccccc3-c3ccccc32)C1. The molecule has 2 aliphatic rings. The summed E-state index contributed by atoms with van der Waals surface area (Å²) in [5.41, 5.74) is 1.87. The lowest BCUT2D eigenvalue weighted by atomic mass is 9.73. The van der Waals surface area contributed by atoms with Crippen LogP contribution < -0.4 is 16.0 Å². The predicted octanol–water partition coefficient (Wildman–Crippen LogP) is 4.61. The largest absolute Gasteiger partial charge is 0.405 e. The monoisotopic (exact) mass is 529 g/mol. The molecule has 0 aliphatic heterocycles. The highest BCUT2D eigenvalue weighted by Gasteiger charge is 2.49. The molecule has 2 aliphatic carbocycles. The van der Waals surface area contributed by atoms with Crippen LogP contribution in [0.25, 0.3) is 11.1 Å². The maximum absolute atomic E-state index is 13.5. The number of unbranched alkanes of at least 4 members (excludes halogenated alkanes) is 1. The third kappa shape index (κ3) is 6.03. The van der Waals surface area contributed by atoms with Gasteiger partial charge in [0.15, 0.2) is 0 Å². The van der Waals surface area contributed by atoms with Gasteiger partial charge in [-0.3, -0.25) is 14.4 Å². The molecule has 38 heavy (non-hydrogen) atoms. The summed E-state index contributed by atoms with van der Waals surface area (Å²) >= 11 is 0. The highest BCUT2D eigenvalue weighted by molar-refractivity contribution is 6.00. The number of hydrogen-bond acceptors (Lipinski definition) is 3. The summed E-state index contributed by atoms with van der Waals surface area (Å²) in [6.45, 7) is 0.486. The molecule has 2 aromatic carbocycles. The molecule has 6 nitrogen and oxygen atoms in total. The molecule has 0 saturated heterocycles. The molecule has 0 radical (unpaired) electrons. The van der Waals surface area contributed by atoms with Gasteiger partial charge >= 0.3 is 6.18 Å². The van der Waals surface area contributed by atoms with E-state index in [2.05, 4.69) is 16.0 Å².